The molecule has 2 heterocycles. The van der Waals surface area contributed by atoms with Crippen molar-refractivity contribution in [2.24, 2.45) is 0 Å². The zero-order valence-corrected chi connectivity index (χ0v) is 14.6. The molecular weight excluding hydrogens is 330 g/mol. The Labute approximate surface area is 140 Å². The number of carbonyl (C=O) groups excluding carboxylic acids is 1. The van der Waals surface area contributed by atoms with E-state index in [0.717, 1.165) is 5.56 Å². The Morgan fingerprint density at radius 1 is 1.13 bits per heavy atom. The van der Waals surface area contributed by atoms with E-state index in [1.54, 1.807) is 16.2 Å². The van der Waals surface area contributed by atoms with Crippen molar-refractivity contribution in [3.05, 3.63) is 47.3 Å². The van der Waals surface area contributed by atoms with Gasteiger partial charge in [-0.1, -0.05) is 18.2 Å². The van der Waals surface area contributed by atoms with Gasteiger partial charge in [0.05, 0.1) is 5.25 Å². The smallest absolute Gasteiger partial charge is 0.253 e. The highest BCUT2D eigenvalue weighted by Crippen LogP contribution is 2.25. The molecule has 0 aliphatic carbocycles. The van der Waals surface area contributed by atoms with Gasteiger partial charge in [-0.05, 0) is 42.0 Å². The molecule has 1 aromatic heterocycles. The molecule has 122 valence electrons. The molecule has 1 aliphatic heterocycles. The maximum absolute atomic E-state index is 12.5. The van der Waals surface area contributed by atoms with Crippen LogP contribution < -0.4 is 0 Å². The first kappa shape index (κ1) is 16.2. The normalized spacial score (nSPS) is 16.5. The number of rotatable bonds is 3. The Bertz CT molecular complexity index is 772. The Morgan fingerprint density at radius 2 is 1.78 bits per heavy atom. The summed E-state index contributed by atoms with van der Waals surface area (Å²) in [4.78, 5) is 15.5. The number of hydrogen-bond acceptors (Lipinski definition) is 4. The third kappa shape index (κ3) is 3.64. The molecule has 0 bridgehead atoms. The van der Waals surface area contributed by atoms with Crippen LogP contribution in [0.2, 0.25) is 0 Å². The molecule has 0 N–H and O–H groups in total. The van der Waals surface area contributed by atoms with Crippen LogP contribution in [0.3, 0.4) is 0 Å². The Morgan fingerprint density at radius 3 is 2.30 bits per heavy atom. The van der Waals surface area contributed by atoms with Gasteiger partial charge < -0.3 is 4.90 Å². The molecule has 0 radical (unpaired) electrons. The summed E-state index contributed by atoms with van der Waals surface area (Å²) in [5.41, 5.74) is 1.76. The summed E-state index contributed by atoms with van der Waals surface area (Å²) in [5.74, 6) is -0.0188. The minimum absolute atomic E-state index is 0.0188. The molecule has 1 saturated heterocycles. The summed E-state index contributed by atoms with van der Waals surface area (Å²) >= 11 is 1.67. The predicted octanol–water partition coefficient (Wildman–Crippen LogP) is 3.06. The van der Waals surface area contributed by atoms with Crippen molar-refractivity contribution in [3.63, 3.8) is 0 Å². The first-order valence-corrected chi connectivity index (χ1v) is 10.4. The van der Waals surface area contributed by atoms with Crippen molar-refractivity contribution in [2.75, 3.05) is 19.3 Å². The Hall–Kier alpha value is -1.66. The molecule has 1 aliphatic rings. The van der Waals surface area contributed by atoms with Crippen molar-refractivity contribution in [1.82, 2.24) is 4.90 Å². The van der Waals surface area contributed by atoms with Crippen LogP contribution in [0.4, 0.5) is 0 Å². The lowest BCUT2D eigenvalue weighted by Gasteiger charge is -2.31. The average Bonchev–Trinajstić information content (AvgIpc) is 3.08. The summed E-state index contributed by atoms with van der Waals surface area (Å²) in [6, 6.07) is 11.7. The highest BCUT2D eigenvalue weighted by molar-refractivity contribution is 7.91. The molecular formula is C17H19NO3S2. The van der Waals surface area contributed by atoms with E-state index in [-0.39, 0.29) is 11.2 Å². The van der Waals surface area contributed by atoms with E-state index in [0.29, 0.717) is 31.5 Å². The molecule has 6 heteroatoms. The summed E-state index contributed by atoms with van der Waals surface area (Å²) in [6.45, 7) is 1.01. The number of benzene rings is 1. The standard InChI is InChI=1S/C17H19NO3S2/c1-23(20,21)15-8-10-18(11-9-15)17(19)14-6-4-13(5-7-14)16-3-2-12-22-16/h2-7,12,15H,8-11H2,1H3. The van der Waals surface area contributed by atoms with E-state index in [1.165, 1.54) is 11.1 Å². The Kier molecular flexibility index (Phi) is 4.55. The topological polar surface area (TPSA) is 54.5 Å². The van der Waals surface area contributed by atoms with Crippen LogP contribution in [0.15, 0.2) is 41.8 Å². The van der Waals surface area contributed by atoms with E-state index in [4.69, 9.17) is 0 Å². The second-order valence-electron chi connectivity index (χ2n) is 5.88. The maximum atomic E-state index is 12.5. The van der Waals surface area contributed by atoms with Gasteiger partial charge in [0, 0.05) is 29.8 Å². The molecule has 23 heavy (non-hydrogen) atoms. The largest absolute Gasteiger partial charge is 0.339 e. The van der Waals surface area contributed by atoms with Gasteiger partial charge in [0.2, 0.25) is 0 Å². The average molecular weight is 349 g/mol. The first-order chi connectivity index (χ1) is 10.9. The fourth-order valence-corrected chi connectivity index (χ4v) is 4.69. The summed E-state index contributed by atoms with van der Waals surface area (Å²) in [7, 11) is -3.01. The predicted molar refractivity (Wildman–Crippen MR) is 93.5 cm³/mol. The molecule has 1 amide bonds. The molecule has 3 rings (SSSR count). The molecule has 0 saturated carbocycles. The molecule has 4 nitrogen and oxygen atoms in total. The monoisotopic (exact) mass is 349 g/mol. The van der Waals surface area contributed by atoms with Crippen LogP contribution in [0.5, 0.6) is 0 Å². The summed E-state index contributed by atoms with van der Waals surface area (Å²) in [5, 5.41) is 1.72. The van der Waals surface area contributed by atoms with Gasteiger partial charge in [-0.25, -0.2) is 8.42 Å². The number of amides is 1. The third-order valence-corrected chi connectivity index (χ3v) is 6.87. The molecule has 1 fully saturated rings. The highest BCUT2D eigenvalue weighted by Gasteiger charge is 2.29. The van der Waals surface area contributed by atoms with Gasteiger partial charge in [0.15, 0.2) is 0 Å². The maximum Gasteiger partial charge on any atom is 0.253 e. The number of piperidine rings is 1. The van der Waals surface area contributed by atoms with Gasteiger partial charge in [-0.2, -0.15) is 0 Å². The van der Waals surface area contributed by atoms with Gasteiger partial charge >= 0.3 is 0 Å². The Balaban J connectivity index is 1.67. The van der Waals surface area contributed by atoms with Crippen LogP contribution in [0, 0.1) is 0 Å². The van der Waals surface area contributed by atoms with Crippen LogP contribution in [0.1, 0.15) is 23.2 Å². The lowest BCUT2D eigenvalue weighted by molar-refractivity contribution is 0.0726. The van der Waals surface area contributed by atoms with Crippen LogP contribution in [-0.2, 0) is 9.84 Å². The zero-order chi connectivity index (χ0) is 16.4. The van der Waals surface area contributed by atoms with Gasteiger partial charge in [0.25, 0.3) is 5.91 Å². The van der Waals surface area contributed by atoms with Crippen molar-refractivity contribution in [1.29, 1.82) is 0 Å². The van der Waals surface area contributed by atoms with E-state index < -0.39 is 9.84 Å². The van der Waals surface area contributed by atoms with Crippen molar-refractivity contribution in [2.45, 2.75) is 18.1 Å². The number of hydrogen-bond donors (Lipinski definition) is 0. The second-order valence-corrected chi connectivity index (χ2v) is 9.15. The minimum Gasteiger partial charge on any atom is -0.339 e. The van der Waals surface area contributed by atoms with Crippen LogP contribution in [0.25, 0.3) is 10.4 Å². The number of nitrogens with zero attached hydrogens (tertiary/aromatic N) is 1. The number of carbonyl (C=O) groups is 1. The van der Waals surface area contributed by atoms with E-state index in [2.05, 4.69) is 6.07 Å². The highest BCUT2D eigenvalue weighted by atomic mass is 32.2. The van der Waals surface area contributed by atoms with Gasteiger partial charge in [0.1, 0.15) is 9.84 Å². The van der Waals surface area contributed by atoms with E-state index >= 15 is 0 Å². The van der Waals surface area contributed by atoms with Gasteiger partial charge in [-0.3, -0.25) is 4.79 Å². The molecule has 0 unspecified atom stereocenters. The number of likely N-dealkylation sites (tertiary alicyclic amines) is 1. The van der Waals surface area contributed by atoms with Crippen LogP contribution in [-0.4, -0.2) is 43.8 Å². The molecule has 1 aromatic carbocycles. The first-order valence-electron chi connectivity index (χ1n) is 7.57. The van der Waals surface area contributed by atoms with Crippen molar-refractivity contribution < 1.29 is 13.2 Å². The number of sulfone groups is 1. The lowest BCUT2D eigenvalue weighted by atomic mass is 10.1. The molecule has 0 atom stereocenters. The summed E-state index contributed by atoms with van der Waals surface area (Å²) < 4.78 is 23.2. The third-order valence-electron chi connectivity index (χ3n) is 4.27. The SMILES string of the molecule is CS(=O)(=O)C1CCN(C(=O)c2ccc(-c3cccs3)cc2)CC1. The minimum atomic E-state index is -3.01. The van der Waals surface area contributed by atoms with E-state index in [9.17, 15) is 13.2 Å². The van der Waals surface area contributed by atoms with E-state index in [1.807, 2.05) is 35.7 Å². The molecule has 0 spiro atoms. The number of thiophene rings is 1. The molecule has 2 aromatic rings. The second kappa shape index (κ2) is 6.45. The fraction of sp³-hybridized carbons (Fsp3) is 0.353. The fourth-order valence-electron chi connectivity index (χ4n) is 2.89. The summed E-state index contributed by atoms with van der Waals surface area (Å²) in [6.07, 6.45) is 2.33. The van der Waals surface area contributed by atoms with Crippen LogP contribution >= 0.6 is 11.3 Å². The quantitative estimate of drug-likeness (QED) is 0.856. The zero-order valence-electron chi connectivity index (χ0n) is 12.9. The van der Waals surface area contributed by atoms with Crippen molar-refractivity contribution in [3.8, 4) is 10.4 Å². The van der Waals surface area contributed by atoms with Gasteiger partial charge in [-0.15, -0.1) is 11.3 Å². The van der Waals surface area contributed by atoms with Crippen molar-refractivity contribution >= 4 is 27.1 Å². The lowest BCUT2D eigenvalue weighted by Crippen LogP contribution is -2.42.